The summed E-state index contributed by atoms with van der Waals surface area (Å²) in [7, 11) is 0.414. The van der Waals surface area contributed by atoms with Crippen LogP contribution < -0.4 is 4.23 Å². The van der Waals surface area contributed by atoms with E-state index in [-0.39, 0.29) is 0 Å². The van der Waals surface area contributed by atoms with Gasteiger partial charge in [-0.2, -0.15) is 0 Å². The number of aromatic nitrogens is 2. The largest absolute Gasteiger partial charge is 0.546 e. The lowest BCUT2D eigenvalue weighted by Crippen LogP contribution is -2.39. The Morgan fingerprint density at radius 1 is 1.78 bits per heavy atom. The summed E-state index contributed by atoms with van der Waals surface area (Å²) in [5.74, 6) is 0. The molecule has 0 aromatic carbocycles. The van der Waals surface area contributed by atoms with Crippen LogP contribution in [0.4, 0.5) is 0 Å². The summed E-state index contributed by atoms with van der Waals surface area (Å²) < 4.78 is 7.11. The highest BCUT2D eigenvalue weighted by Gasteiger charge is 1.99. The maximum Gasteiger partial charge on any atom is 0.546 e. The molecule has 0 saturated carbocycles. The van der Waals surface area contributed by atoms with Gasteiger partial charge >= 0.3 is 9.92 Å². The molecule has 1 rings (SSSR count). The van der Waals surface area contributed by atoms with Crippen LogP contribution >= 0.6 is 0 Å². The van der Waals surface area contributed by atoms with Gasteiger partial charge in [0.25, 0.3) is 0 Å². The van der Waals surface area contributed by atoms with Crippen LogP contribution in [0.15, 0.2) is 18.7 Å². The standard InChI is InChI=1S/C5H9N2OSi/c1-2-8-9-7-4-3-6-5-7/h3-6H,2H2,1H3/q+1. The zero-order valence-electron chi connectivity index (χ0n) is 5.29. The van der Waals surface area contributed by atoms with Crippen LogP contribution in [-0.4, -0.2) is 21.5 Å². The molecule has 1 aromatic rings. The summed E-state index contributed by atoms with van der Waals surface area (Å²) in [4.78, 5) is 2.93. The molecule has 0 aliphatic rings. The van der Waals surface area contributed by atoms with E-state index in [9.17, 15) is 0 Å². The molecule has 0 aliphatic carbocycles. The molecule has 4 heteroatoms. The summed E-state index contributed by atoms with van der Waals surface area (Å²) >= 11 is 0. The lowest BCUT2D eigenvalue weighted by molar-refractivity contribution is -0.539. The molecule has 0 saturated heterocycles. The fraction of sp³-hybridized carbons (Fsp3) is 0.400. The van der Waals surface area contributed by atoms with Crippen molar-refractivity contribution in [3.63, 3.8) is 0 Å². The van der Waals surface area contributed by atoms with Crippen molar-refractivity contribution in [1.29, 1.82) is 0 Å². The topological polar surface area (TPSA) is 28.9 Å². The summed E-state index contributed by atoms with van der Waals surface area (Å²) in [5.41, 5.74) is 0. The average Bonchev–Trinajstić information content (AvgIpc) is 2.34. The van der Waals surface area contributed by atoms with Gasteiger partial charge in [-0.1, -0.05) is 0 Å². The maximum absolute atomic E-state index is 5.15. The number of imidazole rings is 1. The molecule has 0 fully saturated rings. The summed E-state index contributed by atoms with van der Waals surface area (Å²) in [6, 6.07) is 0. The fourth-order valence-corrected chi connectivity index (χ4v) is 1.03. The summed E-state index contributed by atoms with van der Waals surface area (Å²) in [5, 5.41) is 0. The molecule has 1 heterocycles. The second-order valence-electron chi connectivity index (χ2n) is 1.54. The number of rotatable bonds is 3. The molecular formula is C5H9N2OSi+. The minimum atomic E-state index is 0.414. The van der Waals surface area contributed by atoms with Crippen LogP contribution in [0.5, 0.6) is 0 Å². The summed E-state index contributed by atoms with van der Waals surface area (Å²) in [6.07, 6.45) is 5.67. The van der Waals surface area contributed by atoms with E-state index in [4.69, 9.17) is 4.43 Å². The van der Waals surface area contributed by atoms with Crippen LogP contribution in [0, 0.1) is 0 Å². The first kappa shape index (κ1) is 6.51. The van der Waals surface area contributed by atoms with Gasteiger partial charge in [0.15, 0.2) is 0 Å². The zero-order chi connectivity index (χ0) is 6.53. The van der Waals surface area contributed by atoms with Crippen molar-refractivity contribution in [1.82, 2.24) is 4.98 Å². The Labute approximate surface area is 56.7 Å². The molecule has 9 heavy (non-hydrogen) atoms. The van der Waals surface area contributed by atoms with Crippen molar-refractivity contribution >= 4 is 9.92 Å². The van der Waals surface area contributed by atoms with Crippen molar-refractivity contribution in [3.05, 3.63) is 18.7 Å². The predicted octanol–water partition coefficient (Wildman–Crippen LogP) is -0.279. The zero-order valence-corrected chi connectivity index (χ0v) is 6.29. The van der Waals surface area contributed by atoms with E-state index in [0.29, 0.717) is 9.92 Å². The van der Waals surface area contributed by atoms with Gasteiger partial charge in [0, 0.05) is 6.61 Å². The highest BCUT2D eigenvalue weighted by atomic mass is 28.2. The van der Waals surface area contributed by atoms with Gasteiger partial charge in [-0.05, 0) is 6.92 Å². The third-order valence-corrected chi connectivity index (χ3v) is 1.77. The van der Waals surface area contributed by atoms with E-state index in [0.717, 1.165) is 6.61 Å². The van der Waals surface area contributed by atoms with Gasteiger partial charge < -0.3 is 4.43 Å². The number of H-pyrrole nitrogens is 1. The number of hydrogen-bond acceptors (Lipinski definition) is 1. The third-order valence-electron chi connectivity index (χ3n) is 0.859. The van der Waals surface area contributed by atoms with Gasteiger partial charge in [-0.3, -0.25) is 9.22 Å². The smallest absolute Gasteiger partial charge is 0.378 e. The number of hydrogen-bond donors (Lipinski definition) is 1. The second-order valence-corrected chi connectivity index (χ2v) is 2.53. The third kappa shape index (κ3) is 1.99. The second kappa shape index (κ2) is 3.42. The molecule has 0 amide bonds. The molecule has 48 valence electrons. The lowest BCUT2D eigenvalue weighted by Gasteiger charge is -1.88. The highest BCUT2D eigenvalue weighted by Crippen LogP contribution is 1.67. The Balaban J connectivity index is 2.30. The van der Waals surface area contributed by atoms with Crippen molar-refractivity contribution in [2.75, 3.05) is 6.61 Å². The van der Waals surface area contributed by atoms with Crippen LogP contribution in [0.3, 0.4) is 0 Å². The van der Waals surface area contributed by atoms with Crippen molar-refractivity contribution in [2.45, 2.75) is 6.92 Å². The van der Waals surface area contributed by atoms with Crippen LogP contribution in [0.1, 0.15) is 6.92 Å². The van der Waals surface area contributed by atoms with E-state index in [2.05, 4.69) is 4.98 Å². The van der Waals surface area contributed by atoms with Gasteiger partial charge in [0.2, 0.25) is 6.33 Å². The monoisotopic (exact) mass is 141 g/mol. The van der Waals surface area contributed by atoms with Crippen LogP contribution in [-0.2, 0) is 4.43 Å². The first-order valence-electron chi connectivity index (χ1n) is 2.85. The van der Waals surface area contributed by atoms with E-state index in [1.807, 2.05) is 29.9 Å². The van der Waals surface area contributed by atoms with E-state index >= 15 is 0 Å². The average molecular weight is 141 g/mol. The van der Waals surface area contributed by atoms with Gasteiger partial charge in [-0.25, -0.2) is 0 Å². The Hall–Kier alpha value is -0.613. The van der Waals surface area contributed by atoms with Gasteiger partial charge in [-0.15, -0.1) is 0 Å². The first-order chi connectivity index (χ1) is 4.43. The lowest BCUT2D eigenvalue weighted by atomic mass is 10.9. The molecule has 1 N–H and O–H groups in total. The van der Waals surface area contributed by atoms with Gasteiger partial charge in [0.05, 0.1) is 0 Å². The quantitative estimate of drug-likeness (QED) is 0.576. The number of nitrogens with one attached hydrogen (secondary N) is 1. The first-order valence-corrected chi connectivity index (χ1v) is 3.71. The molecule has 0 unspecified atom stereocenters. The Kier molecular flexibility index (Phi) is 2.47. The minimum Gasteiger partial charge on any atom is -0.378 e. The molecule has 0 atom stereocenters. The SMILES string of the molecule is CCO[Si][n+]1cc[nH]c1. The van der Waals surface area contributed by atoms with Crippen molar-refractivity contribution in [3.8, 4) is 0 Å². The number of aromatic amines is 1. The Morgan fingerprint density at radius 2 is 2.67 bits per heavy atom. The Bertz CT molecular complexity index is 152. The normalized spacial score (nSPS) is 9.89. The molecule has 2 radical (unpaired) electrons. The molecule has 1 aromatic heterocycles. The minimum absolute atomic E-state index is 0.414. The van der Waals surface area contributed by atoms with E-state index in [1.165, 1.54) is 0 Å². The molecule has 3 nitrogen and oxygen atoms in total. The fourth-order valence-electron chi connectivity index (χ4n) is 0.486. The van der Waals surface area contributed by atoms with Crippen molar-refractivity contribution < 1.29 is 8.66 Å². The van der Waals surface area contributed by atoms with Crippen LogP contribution in [0.2, 0.25) is 0 Å². The van der Waals surface area contributed by atoms with E-state index < -0.39 is 0 Å². The molecular weight excluding hydrogens is 132 g/mol. The van der Waals surface area contributed by atoms with Gasteiger partial charge in [0.1, 0.15) is 12.4 Å². The number of nitrogens with zero attached hydrogens (tertiary/aromatic N) is 1. The maximum atomic E-state index is 5.15. The summed E-state index contributed by atoms with van der Waals surface area (Å²) in [6.45, 7) is 2.76. The van der Waals surface area contributed by atoms with E-state index in [1.54, 1.807) is 0 Å². The molecule has 0 bridgehead atoms. The predicted molar refractivity (Wildman–Crippen MR) is 33.8 cm³/mol. The van der Waals surface area contributed by atoms with Crippen LogP contribution in [0.25, 0.3) is 0 Å². The molecule has 0 aliphatic heterocycles. The highest BCUT2D eigenvalue weighted by molar-refractivity contribution is 6.14. The Morgan fingerprint density at radius 3 is 3.22 bits per heavy atom. The molecule has 0 spiro atoms. The van der Waals surface area contributed by atoms with Crippen molar-refractivity contribution in [2.24, 2.45) is 0 Å².